The number of methoxy groups -OCH3 is 1. The van der Waals surface area contributed by atoms with Gasteiger partial charge < -0.3 is 15.2 Å². The van der Waals surface area contributed by atoms with Gasteiger partial charge in [0.1, 0.15) is 17.3 Å². The average molecular weight is 263 g/mol. The van der Waals surface area contributed by atoms with Gasteiger partial charge in [-0.3, -0.25) is 0 Å². The first kappa shape index (κ1) is 12.5. The lowest BCUT2D eigenvalue weighted by Crippen LogP contribution is -1.97. The Bertz CT molecular complexity index is 549. The average Bonchev–Trinajstić information content (AvgIpc) is 2.38. The number of thioether (sulfide) groups is 1. The largest absolute Gasteiger partial charge is 0.497 e. The molecule has 0 amide bonds. The lowest BCUT2D eigenvalue weighted by atomic mass is 10.3. The van der Waals surface area contributed by atoms with Crippen molar-refractivity contribution in [2.75, 3.05) is 19.1 Å². The number of aromatic nitrogens is 2. The topological polar surface area (TPSA) is 70.3 Å². The maximum absolute atomic E-state index is 5.68. The van der Waals surface area contributed by atoms with Crippen molar-refractivity contribution < 1.29 is 9.47 Å². The lowest BCUT2D eigenvalue weighted by Gasteiger charge is -2.07. The number of hydrogen-bond donors (Lipinski definition) is 1. The normalized spacial score (nSPS) is 10.1. The molecule has 0 spiro atoms. The summed E-state index contributed by atoms with van der Waals surface area (Å²) < 4.78 is 10.7. The van der Waals surface area contributed by atoms with Gasteiger partial charge >= 0.3 is 0 Å². The first-order valence-electron chi connectivity index (χ1n) is 5.21. The van der Waals surface area contributed by atoms with Crippen molar-refractivity contribution in [3.05, 3.63) is 30.3 Å². The van der Waals surface area contributed by atoms with Gasteiger partial charge in [-0.05, 0) is 18.4 Å². The summed E-state index contributed by atoms with van der Waals surface area (Å²) in [5, 5.41) is 0.577. The van der Waals surface area contributed by atoms with Crippen molar-refractivity contribution in [3.8, 4) is 17.4 Å². The van der Waals surface area contributed by atoms with Crippen LogP contribution >= 0.6 is 11.8 Å². The van der Waals surface area contributed by atoms with Crippen LogP contribution in [0.25, 0.3) is 0 Å². The molecule has 18 heavy (non-hydrogen) atoms. The quantitative estimate of drug-likeness (QED) is 0.675. The Labute approximate surface area is 109 Å². The molecule has 5 nitrogen and oxygen atoms in total. The van der Waals surface area contributed by atoms with E-state index in [1.807, 2.05) is 24.5 Å². The van der Waals surface area contributed by atoms with Crippen LogP contribution in [0.3, 0.4) is 0 Å². The number of anilines is 1. The summed E-state index contributed by atoms with van der Waals surface area (Å²) in [4.78, 5) is 8.26. The molecule has 0 aliphatic rings. The van der Waals surface area contributed by atoms with Gasteiger partial charge in [0.2, 0.25) is 5.88 Å². The molecule has 6 heteroatoms. The Hall–Kier alpha value is -1.95. The monoisotopic (exact) mass is 263 g/mol. The molecule has 2 aromatic rings. The third-order valence-electron chi connectivity index (χ3n) is 2.15. The van der Waals surface area contributed by atoms with E-state index in [1.54, 1.807) is 19.2 Å². The summed E-state index contributed by atoms with van der Waals surface area (Å²) in [5.41, 5.74) is 5.68. The molecule has 0 aliphatic carbocycles. The van der Waals surface area contributed by atoms with Crippen LogP contribution in [0.15, 0.2) is 35.5 Å². The molecule has 0 aliphatic heterocycles. The fraction of sp³-hybridized carbons (Fsp3) is 0.167. The molecule has 0 saturated carbocycles. The van der Waals surface area contributed by atoms with Crippen molar-refractivity contribution in [3.63, 3.8) is 0 Å². The maximum Gasteiger partial charge on any atom is 0.225 e. The smallest absolute Gasteiger partial charge is 0.225 e. The van der Waals surface area contributed by atoms with Crippen LogP contribution < -0.4 is 15.2 Å². The van der Waals surface area contributed by atoms with E-state index in [-0.39, 0.29) is 0 Å². The number of benzene rings is 1. The van der Waals surface area contributed by atoms with Crippen LogP contribution in [0.2, 0.25) is 0 Å². The van der Waals surface area contributed by atoms with Crippen molar-refractivity contribution >= 4 is 17.6 Å². The SMILES string of the molecule is COc1cccc(Oc2cc(N)nc(SC)n2)c1. The summed E-state index contributed by atoms with van der Waals surface area (Å²) in [6, 6.07) is 8.86. The molecule has 0 radical (unpaired) electrons. The number of nitrogens with two attached hydrogens (primary N) is 1. The highest BCUT2D eigenvalue weighted by molar-refractivity contribution is 7.98. The second-order valence-corrected chi connectivity index (χ2v) is 4.17. The fourth-order valence-electron chi connectivity index (χ4n) is 1.35. The van der Waals surface area contributed by atoms with E-state index in [9.17, 15) is 0 Å². The zero-order valence-corrected chi connectivity index (χ0v) is 10.9. The summed E-state index contributed by atoms with van der Waals surface area (Å²) >= 11 is 1.41. The highest BCUT2D eigenvalue weighted by Gasteiger charge is 2.05. The van der Waals surface area contributed by atoms with Gasteiger partial charge in [0.25, 0.3) is 0 Å². The number of ether oxygens (including phenoxy) is 2. The van der Waals surface area contributed by atoms with Crippen molar-refractivity contribution in [2.45, 2.75) is 5.16 Å². The van der Waals surface area contributed by atoms with Crippen molar-refractivity contribution in [1.82, 2.24) is 9.97 Å². The van der Waals surface area contributed by atoms with E-state index in [0.29, 0.717) is 22.6 Å². The second kappa shape index (κ2) is 5.59. The minimum absolute atomic E-state index is 0.382. The summed E-state index contributed by atoms with van der Waals surface area (Å²) in [6.07, 6.45) is 1.88. The van der Waals surface area contributed by atoms with Crippen LogP contribution in [0.4, 0.5) is 5.82 Å². The molecule has 1 heterocycles. The minimum atomic E-state index is 0.382. The lowest BCUT2D eigenvalue weighted by molar-refractivity contribution is 0.406. The standard InChI is InChI=1S/C12H13N3O2S/c1-16-8-4-3-5-9(6-8)17-11-7-10(13)14-12(15-11)18-2/h3-7H,1-2H3,(H2,13,14,15). The first-order chi connectivity index (χ1) is 8.71. The Morgan fingerprint density at radius 2 is 1.94 bits per heavy atom. The zero-order chi connectivity index (χ0) is 13.0. The third-order valence-corrected chi connectivity index (χ3v) is 2.70. The molecule has 0 saturated heterocycles. The van der Waals surface area contributed by atoms with E-state index in [1.165, 1.54) is 11.8 Å². The third kappa shape index (κ3) is 3.04. The minimum Gasteiger partial charge on any atom is -0.497 e. The fourth-order valence-corrected chi connectivity index (χ4v) is 1.73. The van der Waals surface area contributed by atoms with E-state index < -0.39 is 0 Å². The van der Waals surface area contributed by atoms with Crippen molar-refractivity contribution in [2.24, 2.45) is 0 Å². The molecule has 0 unspecified atom stereocenters. The Balaban J connectivity index is 2.24. The first-order valence-corrected chi connectivity index (χ1v) is 6.44. The van der Waals surface area contributed by atoms with Crippen LogP contribution in [0.1, 0.15) is 0 Å². The van der Waals surface area contributed by atoms with Crippen LogP contribution in [-0.2, 0) is 0 Å². The number of rotatable bonds is 4. The number of nitrogens with zero attached hydrogens (tertiary/aromatic N) is 2. The summed E-state index contributed by atoms with van der Waals surface area (Å²) in [7, 11) is 1.60. The maximum atomic E-state index is 5.68. The van der Waals surface area contributed by atoms with Gasteiger partial charge in [-0.1, -0.05) is 17.8 Å². The zero-order valence-electron chi connectivity index (χ0n) is 10.1. The van der Waals surface area contributed by atoms with Gasteiger partial charge in [0, 0.05) is 12.1 Å². The van der Waals surface area contributed by atoms with Crippen LogP contribution in [0, 0.1) is 0 Å². The molecule has 2 rings (SSSR count). The molecule has 1 aromatic heterocycles. The predicted molar refractivity (Wildman–Crippen MR) is 71.3 cm³/mol. The molecular formula is C12H13N3O2S. The molecule has 1 aromatic carbocycles. The van der Waals surface area contributed by atoms with E-state index in [2.05, 4.69) is 9.97 Å². The highest BCUT2D eigenvalue weighted by Crippen LogP contribution is 2.25. The van der Waals surface area contributed by atoms with Gasteiger partial charge in [-0.2, -0.15) is 4.98 Å². The highest BCUT2D eigenvalue weighted by atomic mass is 32.2. The predicted octanol–water partition coefficient (Wildman–Crippen LogP) is 2.58. The van der Waals surface area contributed by atoms with Crippen LogP contribution in [-0.4, -0.2) is 23.3 Å². The van der Waals surface area contributed by atoms with Gasteiger partial charge in [0.05, 0.1) is 7.11 Å². The number of hydrogen-bond acceptors (Lipinski definition) is 6. The van der Waals surface area contributed by atoms with E-state index in [4.69, 9.17) is 15.2 Å². The Kier molecular flexibility index (Phi) is 3.88. The Morgan fingerprint density at radius 3 is 2.67 bits per heavy atom. The summed E-state index contributed by atoms with van der Waals surface area (Å²) in [5.74, 6) is 2.16. The molecule has 94 valence electrons. The molecule has 0 fully saturated rings. The van der Waals surface area contributed by atoms with E-state index in [0.717, 1.165) is 5.75 Å². The van der Waals surface area contributed by atoms with E-state index >= 15 is 0 Å². The van der Waals surface area contributed by atoms with Gasteiger partial charge in [-0.25, -0.2) is 4.98 Å². The molecule has 2 N–H and O–H groups in total. The van der Waals surface area contributed by atoms with Crippen LogP contribution in [0.5, 0.6) is 17.4 Å². The van der Waals surface area contributed by atoms with Gasteiger partial charge in [-0.15, -0.1) is 0 Å². The molecular weight excluding hydrogens is 250 g/mol. The molecule has 0 atom stereocenters. The number of nitrogen functional groups attached to an aromatic ring is 1. The Morgan fingerprint density at radius 1 is 1.17 bits per heavy atom. The van der Waals surface area contributed by atoms with Gasteiger partial charge in [0.15, 0.2) is 5.16 Å². The summed E-state index contributed by atoms with van der Waals surface area (Å²) in [6.45, 7) is 0. The van der Waals surface area contributed by atoms with Crippen molar-refractivity contribution in [1.29, 1.82) is 0 Å². The second-order valence-electron chi connectivity index (χ2n) is 3.40. The molecule has 0 bridgehead atoms.